The summed E-state index contributed by atoms with van der Waals surface area (Å²) in [6.07, 6.45) is 9.13. The number of aromatic nitrogens is 1. The molecule has 0 aliphatic carbocycles. The van der Waals surface area contributed by atoms with Gasteiger partial charge >= 0.3 is 0 Å². The van der Waals surface area contributed by atoms with Gasteiger partial charge in [0.15, 0.2) is 0 Å². The highest BCUT2D eigenvalue weighted by atomic mass is 16.5. The molecule has 0 saturated carbocycles. The number of likely N-dealkylation sites (tertiary alicyclic amines) is 1. The van der Waals surface area contributed by atoms with Gasteiger partial charge in [-0.1, -0.05) is 12.1 Å². The zero-order valence-corrected chi connectivity index (χ0v) is 12.5. The third-order valence-corrected chi connectivity index (χ3v) is 4.50. The molecule has 3 rings (SSSR count). The van der Waals surface area contributed by atoms with Crippen LogP contribution in [-0.2, 0) is 15.9 Å². The monoisotopic (exact) mass is 288 g/mol. The Balaban J connectivity index is 1.72. The van der Waals surface area contributed by atoms with E-state index in [4.69, 9.17) is 9.47 Å². The molecule has 1 unspecified atom stereocenters. The van der Waals surface area contributed by atoms with Crippen molar-refractivity contribution in [2.45, 2.75) is 37.5 Å². The topological polar surface area (TPSA) is 34.6 Å². The number of nitrogens with zero attached hydrogens (tertiary/aromatic N) is 2. The minimum Gasteiger partial charge on any atom is -0.380 e. The van der Waals surface area contributed by atoms with Gasteiger partial charge in [-0.2, -0.15) is 0 Å². The molecular formula is C17H24N2O2. The van der Waals surface area contributed by atoms with E-state index in [-0.39, 0.29) is 6.10 Å². The molecule has 2 fully saturated rings. The third-order valence-electron chi connectivity index (χ3n) is 4.50. The second-order valence-corrected chi connectivity index (χ2v) is 5.84. The van der Waals surface area contributed by atoms with Crippen molar-refractivity contribution in [2.24, 2.45) is 0 Å². The van der Waals surface area contributed by atoms with E-state index in [1.807, 2.05) is 24.5 Å². The first-order valence-corrected chi connectivity index (χ1v) is 7.83. The zero-order valence-electron chi connectivity index (χ0n) is 12.5. The molecule has 1 aromatic heterocycles. The van der Waals surface area contributed by atoms with E-state index in [9.17, 15) is 0 Å². The number of pyridine rings is 1. The van der Waals surface area contributed by atoms with Crippen LogP contribution < -0.4 is 0 Å². The van der Waals surface area contributed by atoms with Crippen molar-refractivity contribution in [3.63, 3.8) is 0 Å². The van der Waals surface area contributed by atoms with Gasteiger partial charge in [-0.05, 0) is 30.9 Å². The molecule has 2 aliphatic heterocycles. The van der Waals surface area contributed by atoms with E-state index in [0.29, 0.717) is 18.7 Å². The van der Waals surface area contributed by atoms with Crippen LogP contribution >= 0.6 is 0 Å². The van der Waals surface area contributed by atoms with E-state index in [1.54, 1.807) is 0 Å². The Morgan fingerprint density at radius 3 is 3.14 bits per heavy atom. The van der Waals surface area contributed by atoms with Crippen LogP contribution in [0.2, 0.25) is 0 Å². The van der Waals surface area contributed by atoms with Gasteiger partial charge in [-0.25, -0.2) is 0 Å². The Morgan fingerprint density at radius 2 is 2.43 bits per heavy atom. The third kappa shape index (κ3) is 3.51. The van der Waals surface area contributed by atoms with E-state index in [2.05, 4.69) is 22.5 Å². The van der Waals surface area contributed by atoms with Gasteiger partial charge in [0, 0.05) is 37.6 Å². The van der Waals surface area contributed by atoms with Crippen molar-refractivity contribution in [3.8, 4) is 0 Å². The Hall–Kier alpha value is -1.23. The van der Waals surface area contributed by atoms with Crippen molar-refractivity contribution < 1.29 is 9.47 Å². The summed E-state index contributed by atoms with van der Waals surface area (Å²) in [5.41, 5.74) is 1.28. The van der Waals surface area contributed by atoms with Crippen molar-refractivity contribution >= 4 is 0 Å². The molecule has 21 heavy (non-hydrogen) atoms. The number of rotatable bonds is 6. The lowest BCUT2D eigenvalue weighted by Crippen LogP contribution is -2.44. The highest BCUT2D eigenvalue weighted by Crippen LogP contribution is 2.29. The Bertz CT molecular complexity index is 445. The van der Waals surface area contributed by atoms with E-state index >= 15 is 0 Å². The summed E-state index contributed by atoms with van der Waals surface area (Å²) in [4.78, 5) is 6.83. The molecule has 0 amide bonds. The smallest absolute Gasteiger partial charge is 0.0750 e. The number of hydrogen-bond donors (Lipinski definition) is 0. The lowest BCUT2D eigenvalue weighted by molar-refractivity contribution is 0.0317. The number of hydrogen-bond acceptors (Lipinski definition) is 4. The van der Waals surface area contributed by atoms with Crippen molar-refractivity contribution in [1.82, 2.24) is 9.88 Å². The van der Waals surface area contributed by atoms with E-state index in [0.717, 1.165) is 39.0 Å². The minimum absolute atomic E-state index is 0.281. The average Bonchev–Trinajstić information content (AvgIpc) is 3.16. The van der Waals surface area contributed by atoms with Crippen LogP contribution in [0.5, 0.6) is 0 Å². The molecule has 0 bridgehead atoms. The van der Waals surface area contributed by atoms with Gasteiger partial charge < -0.3 is 9.47 Å². The second kappa shape index (κ2) is 7.16. The first-order valence-electron chi connectivity index (χ1n) is 7.83. The zero-order chi connectivity index (χ0) is 14.5. The second-order valence-electron chi connectivity index (χ2n) is 5.84. The molecule has 0 spiro atoms. The Kier molecular flexibility index (Phi) is 5.01. The van der Waals surface area contributed by atoms with Crippen LogP contribution in [0.1, 0.15) is 18.4 Å². The fourth-order valence-corrected chi connectivity index (χ4v) is 3.48. The Labute approximate surface area is 126 Å². The van der Waals surface area contributed by atoms with Crippen LogP contribution in [0, 0.1) is 0 Å². The van der Waals surface area contributed by atoms with Gasteiger partial charge in [0.1, 0.15) is 0 Å². The van der Waals surface area contributed by atoms with Crippen LogP contribution in [0.15, 0.2) is 37.2 Å². The Morgan fingerprint density at radius 1 is 1.48 bits per heavy atom. The van der Waals surface area contributed by atoms with Gasteiger partial charge in [0.05, 0.1) is 19.3 Å². The van der Waals surface area contributed by atoms with E-state index in [1.165, 1.54) is 5.56 Å². The first-order chi connectivity index (χ1) is 10.4. The summed E-state index contributed by atoms with van der Waals surface area (Å²) in [5, 5.41) is 0. The van der Waals surface area contributed by atoms with Gasteiger partial charge in [-0.15, -0.1) is 6.58 Å². The van der Waals surface area contributed by atoms with Crippen molar-refractivity contribution in [1.29, 1.82) is 0 Å². The SMILES string of the molecule is C=CCO[C@H]1CCN(C2CCOC2)[C@H]1Cc1cccnc1. The summed E-state index contributed by atoms with van der Waals surface area (Å²) in [7, 11) is 0. The normalized spacial score (nSPS) is 29.8. The van der Waals surface area contributed by atoms with Crippen LogP contribution in [-0.4, -0.2) is 54.4 Å². The molecule has 4 heteroatoms. The highest BCUT2D eigenvalue weighted by molar-refractivity contribution is 5.12. The molecule has 114 valence electrons. The first kappa shape index (κ1) is 14.7. The summed E-state index contributed by atoms with van der Waals surface area (Å²) in [6, 6.07) is 5.12. The van der Waals surface area contributed by atoms with Crippen LogP contribution in [0.3, 0.4) is 0 Å². The largest absolute Gasteiger partial charge is 0.380 e. The highest BCUT2D eigenvalue weighted by Gasteiger charge is 2.39. The fraction of sp³-hybridized carbons (Fsp3) is 0.588. The molecule has 3 heterocycles. The molecule has 4 nitrogen and oxygen atoms in total. The maximum absolute atomic E-state index is 6.01. The number of ether oxygens (including phenoxy) is 2. The van der Waals surface area contributed by atoms with Crippen LogP contribution in [0.25, 0.3) is 0 Å². The molecule has 0 radical (unpaired) electrons. The van der Waals surface area contributed by atoms with Crippen molar-refractivity contribution in [3.05, 3.63) is 42.7 Å². The van der Waals surface area contributed by atoms with Gasteiger partial charge in [-0.3, -0.25) is 9.88 Å². The van der Waals surface area contributed by atoms with Gasteiger partial charge in [0.2, 0.25) is 0 Å². The summed E-state index contributed by atoms with van der Waals surface area (Å²) in [5.74, 6) is 0. The van der Waals surface area contributed by atoms with E-state index < -0.39 is 0 Å². The van der Waals surface area contributed by atoms with Crippen molar-refractivity contribution in [2.75, 3.05) is 26.4 Å². The molecule has 3 atom stereocenters. The standard InChI is InChI=1S/C17H24N2O2/c1-2-9-21-17-5-8-19(15-6-10-20-13-15)16(17)11-14-4-3-7-18-12-14/h2-4,7,12,15-17H,1,5-6,8-11,13H2/t15?,16-,17-/m0/s1. The molecular weight excluding hydrogens is 264 g/mol. The molecule has 2 saturated heterocycles. The maximum Gasteiger partial charge on any atom is 0.0750 e. The molecule has 0 N–H and O–H groups in total. The lowest BCUT2D eigenvalue weighted by atomic mass is 10.0. The average molecular weight is 288 g/mol. The summed E-state index contributed by atoms with van der Waals surface area (Å²) in [6.45, 7) is 7.23. The van der Waals surface area contributed by atoms with Gasteiger partial charge in [0.25, 0.3) is 0 Å². The predicted molar refractivity (Wildman–Crippen MR) is 82.2 cm³/mol. The lowest BCUT2D eigenvalue weighted by Gasteiger charge is -2.32. The molecule has 0 aromatic carbocycles. The summed E-state index contributed by atoms with van der Waals surface area (Å²) < 4.78 is 11.6. The minimum atomic E-state index is 0.281. The maximum atomic E-state index is 6.01. The molecule has 2 aliphatic rings. The quantitative estimate of drug-likeness (QED) is 0.751. The summed E-state index contributed by atoms with van der Waals surface area (Å²) >= 11 is 0. The fourth-order valence-electron chi connectivity index (χ4n) is 3.48. The molecule has 1 aromatic rings. The predicted octanol–water partition coefficient (Wildman–Crippen LogP) is 2.06. The van der Waals surface area contributed by atoms with Crippen LogP contribution in [0.4, 0.5) is 0 Å².